The Labute approximate surface area is 119 Å². The number of nitrogen functional groups attached to an aromatic ring is 1. The second kappa shape index (κ2) is 4.28. The minimum absolute atomic E-state index is 0.256. The number of hydrogen-bond donors (Lipinski definition) is 1. The van der Waals surface area contributed by atoms with E-state index in [9.17, 15) is 4.39 Å². The Morgan fingerprint density at radius 1 is 1.05 bits per heavy atom. The highest BCUT2D eigenvalue weighted by atomic mass is 19.1. The van der Waals surface area contributed by atoms with Crippen molar-refractivity contribution in [3.63, 3.8) is 0 Å². The normalized spacial score (nSPS) is 11.3. The fraction of sp³-hybridized carbons (Fsp3) is 0. The molecule has 2 aromatic heterocycles. The van der Waals surface area contributed by atoms with Crippen LogP contribution in [0.25, 0.3) is 27.5 Å². The maximum absolute atomic E-state index is 13.9. The van der Waals surface area contributed by atoms with Crippen LogP contribution >= 0.6 is 0 Å². The van der Waals surface area contributed by atoms with Crippen molar-refractivity contribution >= 4 is 27.8 Å². The number of para-hydroxylation sites is 1. The standard InChI is InChI=1S/C16H11FN4/c17-12-4-2-6-14-15(12)20-16(18)21(14)13-5-1-3-10-7-8-19-9-11(10)13/h1-9H,(H2,18,20). The molecule has 2 heterocycles. The van der Waals surface area contributed by atoms with Gasteiger partial charge in [0.1, 0.15) is 5.52 Å². The van der Waals surface area contributed by atoms with Gasteiger partial charge in [0.05, 0.1) is 11.2 Å². The quantitative estimate of drug-likeness (QED) is 0.581. The van der Waals surface area contributed by atoms with Crippen LogP contribution in [0, 0.1) is 5.82 Å². The van der Waals surface area contributed by atoms with Crippen LogP contribution in [0.1, 0.15) is 0 Å². The highest BCUT2D eigenvalue weighted by Gasteiger charge is 2.14. The van der Waals surface area contributed by atoms with Gasteiger partial charge in [-0.3, -0.25) is 9.55 Å². The van der Waals surface area contributed by atoms with Crippen molar-refractivity contribution < 1.29 is 4.39 Å². The lowest BCUT2D eigenvalue weighted by atomic mass is 10.1. The molecule has 4 aromatic rings. The van der Waals surface area contributed by atoms with Crippen molar-refractivity contribution in [2.75, 3.05) is 5.73 Å². The molecule has 4 nitrogen and oxygen atoms in total. The zero-order chi connectivity index (χ0) is 14.4. The summed E-state index contributed by atoms with van der Waals surface area (Å²) in [5, 5.41) is 1.98. The Bertz CT molecular complexity index is 969. The van der Waals surface area contributed by atoms with Gasteiger partial charge in [-0.05, 0) is 29.7 Å². The summed E-state index contributed by atoms with van der Waals surface area (Å²) in [4.78, 5) is 8.30. The van der Waals surface area contributed by atoms with Crippen LogP contribution < -0.4 is 5.73 Å². The molecule has 0 saturated carbocycles. The number of halogens is 1. The first-order valence-corrected chi connectivity index (χ1v) is 6.51. The van der Waals surface area contributed by atoms with Crippen LogP contribution in [-0.2, 0) is 0 Å². The summed E-state index contributed by atoms with van der Waals surface area (Å²) >= 11 is 0. The number of fused-ring (bicyclic) bond motifs is 2. The van der Waals surface area contributed by atoms with Crippen LogP contribution in [-0.4, -0.2) is 14.5 Å². The molecule has 0 unspecified atom stereocenters. The van der Waals surface area contributed by atoms with E-state index in [2.05, 4.69) is 9.97 Å². The molecule has 21 heavy (non-hydrogen) atoms. The molecule has 0 amide bonds. The number of nitrogens with two attached hydrogens (primary N) is 1. The van der Waals surface area contributed by atoms with E-state index in [4.69, 9.17) is 5.73 Å². The van der Waals surface area contributed by atoms with Gasteiger partial charge in [-0.15, -0.1) is 0 Å². The summed E-state index contributed by atoms with van der Waals surface area (Å²) in [5.41, 5.74) is 7.77. The molecule has 2 aromatic carbocycles. The molecule has 4 rings (SSSR count). The molecule has 0 saturated heterocycles. The van der Waals surface area contributed by atoms with E-state index in [0.717, 1.165) is 16.5 Å². The fourth-order valence-electron chi connectivity index (χ4n) is 2.63. The van der Waals surface area contributed by atoms with Crippen molar-refractivity contribution in [3.05, 3.63) is 60.7 Å². The lowest BCUT2D eigenvalue weighted by molar-refractivity contribution is 0.637. The average Bonchev–Trinajstić information content (AvgIpc) is 2.84. The zero-order valence-corrected chi connectivity index (χ0v) is 11.0. The molecule has 0 aliphatic carbocycles. The van der Waals surface area contributed by atoms with Gasteiger partial charge in [0, 0.05) is 17.8 Å². The summed E-state index contributed by atoms with van der Waals surface area (Å²) in [7, 11) is 0. The zero-order valence-electron chi connectivity index (χ0n) is 11.0. The predicted octanol–water partition coefficient (Wildman–Crippen LogP) is 3.30. The largest absolute Gasteiger partial charge is 0.369 e. The van der Waals surface area contributed by atoms with E-state index in [1.54, 1.807) is 29.1 Å². The minimum Gasteiger partial charge on any atom is -0.369 e. The molecule has 0 fully saturated rings. The van der Waals surface area contributed by atoms with Gasteiger partial charge in [0.2, 0.25) is 5.95 Å². The van der Waals surface area contributed by atoms with Crippen LogP contribution in [0.15, 0.2) is 54.9 Å². The van der Waals surface area contributed by atoms with E-state index in [1.807, 2.05) is 24.3 Å². The number of rotatable bonds is 1. The van der Waals surface area contributed by atoms with E-state index in [0.29, 0.717) is 5.52 Å². The first-order valence-electron chi connectivity index (χ1n) is 6.51. The summed E-state index contributed by atoms with van der Waals surface area (Å²) in [6, 6.07) is 12.6. The number of anilines is 1. The minimum atomic E-state index is -0.378. The van der Waals surface area contributed by atoms with Crippen LogP contribution in [0.4, 0.5) is 10.3 Å². The van der Waals surface area contributed by atoms with Crippen molar-refractivity contribution in [2.45, 2.75) is 0 Å². The smallest absolute Gasteiger partial charge is 0.206 e. The Kier molecular flexibility index (Phi) is 2.41. The Balaban J connectivity index is 2.14. The van der Waals surface area contributed by atoms with Crippen molar-refractivity contribution in [2.24, 2.45) is 0 Å². The highest BCUT2D eigenvalue weighted by molar-refractivity contribution is 5.92. The lowest BCUT2D eigenvalue weighted by Gasteiger charge is -2.09. The second-order valence-corrected chi connectivity index (χ2v) is 4.79. The van der Waals surface area contributed by atoms with E-state index >= 15 is 0 Å². The maximum Gasteiger partial charge on any atom is 0.206 e. The molecular formula is C16H11FN4. The molecule has 2 N–H and O–H groups in total. The first kappa shape index (κ1) is 11.8. The fourth-order valence-corrected chi connectivity index (χ4v) is 2.63. The number of aromatic nitrogens is 3. The Hall–Kier alpha value is -2.95. The molecule has 102 valence electrons. The van der Waals surface area contributed by atoms with Crippen molar-refractivity contribution in [1.29, 1.82) is 0 Å². The first-order chi connectivity index (χ1) is 10.3. The number of benzene rings is 2. The van der Waals surface area contributed by atoms with Gasteiger partial charge in [-0.2, -0.15) is 0 Å². The third kappa shape index (κ3) is 1.67. The van der Waals surface area contributed by atoms with Gasteiger partial charge in [-0.1, -0.05) is 18.2 Å². The number of nitrogens with zero attached hydrogens (tertiary/aromatic N) is 3. The molecule has 0 spiro atoms. The predicted molar refractivity (Wildman–Crippen MR) is 80.7 cm³/mol. The van der Waals surface area contributed by atoms with E-state index in [-0.39, 0.29) is 17.3 Å². The van der Waals surface area contributed by atoms with E-state index in [1.165, 1.54) is 6.07 Å². The van der Waals surface area contributed by atoms with Gasteiger partial charge < -0.3 is 5.73 Å². The Morgan fingerprint density at radius 2 is 1.90 bits per heavy atom. The van der Waals surface area contributed by atoms with Crippen molar-refractivity contribution in [3.8, 4) is 5.69 Å². The van der Waals surface area contributed by atoms with Crippen LogP contribution in [0.2, 0.25) is 0 Å². The summed E-state index contributed by atoms with van der Waals surface area (Å²) in [6.07, 6.45) is 3.51. The number of pyridine rings is 1. The lowest BCUT2D eigenvalue weighted by Crippen LogP contribution is -2.01. The molecule has 5 heteroatoms. The van der Waals surface area contributed by atoms with Gasteiger partial charge in [-0.25, -0.2) is 9.37 Å². The van der Waals surface area contributed by atoms with Crippen molar-refractivity contribution in [1.82, 2.24) is 14.5 Å². The molecule has 0 atom stereocenters. The number of imidazole rings is 1. The summed E-state index contributed by atoms with van der Waals surface area (Å²) in [5.74, 6) is -0.122. The average molecular weight is 278 g/mol. The molecule has 0 radical (unpaired) electrons. The topological polar surface area (TPSA) is 56.7 Å². The molecule has 0 bridgehead atoms. The van der Waals surface area contributed by atoms with Gasteiger partial charge >= 0.3 is 0 Å². The van der Waals surface area contributed by atoms with Gasteiger partial charge in [0.25, 0.3) is 0 Å². The maximum atomic E-state index is 13.9. The second-order valence-electron chi connectivity index (χ2n) is 4.79. The summed E-state index contributed by atoms with van der Waals surface area (Å²) in [6.45, 7) is 0. The number of hydrogen-bond acceptors (Lipinski definition) is 3. The van der Waals surface area contributed by atoms with Crippen LogP contribution in [0.5, 0.6) is 0 Å². The van der Waals surface area contributed by atoms with Crippen LogP contribution in [0.3, 0.4) is 0 Å². The monoisotopic (exact) mass is 278 g/mol. The van der Waals surface area contributed by atoms with E-state index < -0.39 is 0 Å². The Morgan fingerprint density at radius 3 is 2.81 bits per heavy atom. The molecule has 0 aliphatic rings. The highest BCUT2D eigenvalue weighted by Crippen LogP contribution is 2.29. The van der Waals surface area contributed by atoms with Gasteiger partial charge in [0.15, 0.2) is 5.82 Å². The third-order valence-electron chi connectivity index (χ3n) is 3.56. The molecule has 0 aliphatic heterocycles. The third-order valence-corrected chi connectivity index (χ3v) is 3.56. The summed E-state index contributed by atoms with van der Waals surface area (Å²) < 4.78 is 15.6. The SMILES string of the molecule is Nc1nc2c(F)cccc2n1-c1cccc2ccncc12. The molecular weight excluding hydrogens is 267 g/mol.